The van der Waals surface area contributed by atoms with Gasteiger partial charge in [0.15, 0.2) is 0 Å². The predicted molar refractivity (Wildman–Crippen MR) is 171 cm³/mol. The summed E-state index contributed by atoms with van der Waals surface area (Å²) < 4.78 is 10.6. The zero-order valence-electron chi connectivity index (χ0n) is 23.5. The number of benzene rings is 3. The molecule has 6 aromatic heterocycles. The zero-order chi connectivity index (χ0) is 28.7. The van der Waals surface area contributed by atoms with Crippen molar-refractivity contribution in [3.63, 3.8) is 0 Å². The van der Waals surface area contributed by atoms with Gasteiger partial charge in [0.05, 0.1) is 16.7 Å². The molecular formula is C36H24N6O. The van der Waals surface area contributed by atoms with Crippen LogP contribution in [0.5, 0.6) is 11.5 Å². The summed E-state index contributed by atoms with van der Waals surface area (Å²) in [7, 11) is 0. The lowest BCUT2D eigenvalue weighted by molar-refractivity contribution is 0.484. The van der Waals surface area contributed by atoms with Gasteiger partial charge in [0.1, 0.15) is 28.4 Å². The molecule has 0 bridgehead atoms. The van der Waals surface area contributed by atoms with E-state index in [1.165, 1.54) is 16.7 Å². The Hall–Kier alpha value is -5.82. The Bertz CT molecular complexity index is 2560. The van der Waals surface area contributed by atoms with Crippen LogP contribution in [0.15, 0.2) is 110 Å². The van der Waals surface area contributed by atoms with Crippen molar-refractivity contribution in [3.05, 3.63) is 121 Å². The standard InChI is InChI=1S/C36H24N6O/c1-21-5-3-6-22(2)32(21)30-13-12-27-25-10-8-23(19-28(25)35-39-16-18-42(35)36(27)40-30)43-24-9-11-26-29(20-24)34-38-15-17-41(34)31-7-4-14-37-33(26)31/h3-20H,1-2H3. The maximum absolute atomic E-state index is 6.46. The van der Waals surface area contributed by atoms with Crippen LogP contribution in [0.2, 0.25) is 0 Å². The highest BCUT2D eigenvalue weighted by Gasteiger charge is 2.16. The molecule has 0 spiro atoms. The van der Waals surface area contributed by atoms with Gasteiger partial charge in [-0.2, -0.15) is 0 Å². The molecule has 0 radical (unpaired) electrons. The van der Waals surface area contributed by atoms with Crippen LogP contribution in [0, 0.1) is 13.8 Å². The molecule has 0 unspecified atom stereocenters. The fourth-order valence-electron chi connectivity index (χ4n) is 6.49. The molecule has 43 heavy (non-hydrogen) atoms. The van der Waals surface area contributed by atoms with Crippen LogP contribution < -0.4 is 4.74 Å². The van der Waals surface area contributed by atoms with Crippen molar-refractivity contribution in [3.8, 4) is 22.8 Å². The summed E-state index contributed by atoms with van der Waals surface area (Å²) in [6, 6.07) is 26.9. The Labute approximate surface area is 245 Å². The summed E-state index contributed by atoms with van der Waals surface area (Å²) in [6.07, 6.45) is 9.41. The highest BCUT2D eigenvalue weighted by molar-refractivity contribution is 6.12. The Kier molecular flexibility index (Phi) is 4.90. The topological polar surface area (TPSA) is 69.6 Å². The Balaban J connectivity index is 1.18. The molecule has 9 rings (SSSR count). The Morgan fingerprint density at radius 2 is 1.23 bits per heavy atom. The van der Waals surface area contributed by atoms with Crippen molar-refractivity contribution in [2.24, 2.45) is 0 Å². The van der Waals surface area contributed by atoms with E-state index in [4.69, 9.17) is 14.7 Å². The predicted octanol–water partition coefficient (Wildman–Crippen LogP) is 8.46. The minimum absolute atomic E-state index is 0.729. The van der Waals surface area contributed by atoms with E-state index in [0.29, 0.717) is 0 Å². The molecule has 0 saturated heterocycles. The summed E-state index contributed by atoms with van der Waals surface area (Å²) in [5, 5.41) is 5.18. The molecule has 3 aromatic carbocycles. The average Bonchev–Trinajstić information content (AvgIpc) is 3.73. The lowest BCUT2D eigenvalue weighted by Gasteiger charge is -2.14. The van der Waals surface area contributed by atoms with Crippen LogP contribution >= 0.6 is 0 Å². The van der Waals surface area contributed by atoms with Gasteiger partial charge in [-0.25, -0.2) is 15.0 Å². The lowest BCUT2D eigenvalue weighted by Crippen LogP contribution is -1.97. The van der Waals surface area contributed by atoms with Gasteiger partial charge >= 0.3 is 0 Å². The molecule has 0 aliphatic rings. The normalized spacial score (nSPS) is 12.0. The molecule has 0 N–H and O–H groups in total. The summed E-state index contributed by atoms with van der Waals surface area (Å²) in [5.74, 6) is 1.46. The Morgan fingerprint density at radius 1 is 0.558 bits per heavy atom. The molecule has 0 amide bonds. The monoisotopic (exact) mass is 556 g/mol. The number of pyridine rings is 4. The smallest absolute Gasteiger partial charge is 0.146 e. The molecule has 7 nitrogen and oxygen atoms in total. The first-order valence-corrected chi connectivity index (χ1v) is 14.2. The number of fused-ring (bicyclic) bond motifs is 12. The van der Waals surface area contributed by atoms with Crippen LogP contribution in [-0.4, -0.2) is 28.7 Å². The second-order valence-electron chi connectivity index (χ2n) is 11.0. The first-order valence-electron chi connectivity index (χ1n) is 14.2. The minimum Gasteiger partial charge on any atom is -0.457 e. The Morgan fingerprint density at radius 3 is 2.02 bits per heavy atom. The lowest BCUT2D eigenvalue weighted by atomic mass is 9.99. The van der Waals surface area contributed by atoms with E-state index in [1.807, 2.05) is 55.2 Å². The maximum atomic E-state index is 6.46. The maximum Gasteiger partial charge on any atom is 0.146 e. The van der Waals surface area contributed by atoms with Crippen LogP contribution in [0.1, 0.15) is 11.1 Å². The second-order valence-corrected chi connectivity index (χ2v) is 11.0. The van der Waals surface area contributed by atoms with Crippen molar-refractivity contribution < 1.29 is 4.74 Å². The SMILES string of the molecule is Cc1cccc(C)c1-c1ccc2c3ccc(Oc4ccc5c(c4)c4nccn4c4cccnc54)cc3c3nccn3c2n1. The average molecular weight is 557 g/mol. The number of rotatable bonds is 3. The number of imidazole rings is 2. The summed E-state index contributed by atoms with van der Waals surface area (Å²) in [5.41, 5.74) is 9.11. The van der Waals surface area contributed by atoms with Crippen molar-refractivity contribution in [2.45, 2.75) is 13.8 Å². The van der Waals surface area contributed by atoms with Gasteiger partial charge in [-0.05, 0) is 91.0 Å². The molecule has 0 aliphatic heterocycles. The van der Waals surface area contributed by atoms with Gasteiger partial charge in [0, 0.05) is 58.1 Å². The van der Waals surface area contributed by atoms with Crippen molar-refractivity contribution in [1.29, 1.82) is 0 Å². The van der Waals surface area contributed by atoms with E-state index in [9.17, 15) is 0 Å². The molecule has 7 heteroatoms. The van der Waals surface area contributed by atoms with Gasteiger partial charge in [-0.15, -0.1) is 0 Å². The number of hydrogen-bond acceptors (Lipinski definition) is 5. The summed E-state index contributed by atoms with van der Waals surface area (Å²) >= 11 is 0. The zero-order valence-corrected chi connectivity index (χ0v) is 23.5. The first kappa shape index (κ1) is 23.8. The van der Waals surface area contributed by atoms with E-state index < -0.39 is 0 Å². The van der Waals surface area contributed by atoms with Crippen LogP contribution in [0.4, 0.5) is 0 Å². The van der Waals surface area contributed by atoms with Crippen molar-refractivity contribution in [1.82, 2.24) is 28.7 Å². The third-order valence-electron chi connectivity index (χ3n) is 8.41. The van der Waals surface area contributed by atoms with E-state index in [0.717, 1.165) is 72.1 Å². The number of nitrogens with zero attached hydrogens (tertiary/aromatic N) is 6. The third kappa shape index (κ3) is 3.48. The third-order valence-corrected chi connectivity index (χ3v) is 8.41. The van der Waals surface area contributed by atoms with E-state index >= 15 is 0 Å². The number of ether oxygens (including phenoxy) is 1. The molecule has 6 heterocycles. The fraction of sp³-hybridized carbons (Fsp3) is 0.0556. The summed E-state index contributed by atoms with van der Waals surface area (Å²) in [4.78, 5) is 19.2. The van der Waals surface area contributed by atoms with Gasteiger partial charge in [-0.1, -0.05) is 18.2 Å². The van der Waals surface area contributed by atoms with E-state index in [1.54, 1.807) is 0 Å². The largest absolute Gasteiger partial charge is 0.457 e. The molecule has 9 aromatic rings. The van der Waals surface area contributed by atoms with Gasteiger partial charge in [-0.3, -0.25) is 13.8 Å². The minimum atomic E-state index is 0.729. The van der Waals surface area contributed by atoms with E-state index in [-0.39, 0.29) is 0 Å². The summed E-state index contributed by atoms with van der Waals surface area (Å²) in [6.45, 7) is 4.27. The molecule has 0 fully saturated rings. The highest BCUT2D eigenvalue weighted by Crippen LogP contribution is 2.36. The number of aryl methyl sites for hydroxylation is 2. The van der Waals surface area contributed by atoms with Crippen LogP contribution in [0.25, 0.3) is 66.2 Å². The first-order chi connectivity index (χ1) is 21.1. The van der Waals surface area contributed by atoms with Gasteiger partial charge in [0.2, 0.25) is 0 Å². The molecular weight excluding hydrogens is 532 g/mol. The van der Waals surface area contributed by atoms with Crippen molar-refractivity contribution in [2.75, 3.05) is 0 Å². The number of aromatic nitrogens is 6. The molecule has 0 aliphatic carbocycles. The van der Waals surface area contributed by atoms with Crippen molar-refractivity contribution >= 4 is 54.9 Å². The van der Waals surface area contributed by atoms with Crippen LogP contribution in [-0.2, 0) is 0 Å². The van der Waals surface area contributed by atoms with Gasteiger partial charge < -0.3 is 4.74 Å². The number of hydrogen-bond donors (Lipinski definition) is 0. The van der Waals surface area contributed by atoms with E-state index in [2.05, 4.69) is 87.2 Å². The quantitative estimate of drug-likeness (QED) is 0.204. The molecule has 0 atom stereocenters. The molecule has 0 saturated carbocycles. The second kappa shape index (κ2) is 8.84. The fourth-order valence-corrected chi connectivity index (χ4v) is 6.49. The van der Waals surface area contributed by atoms with Crippen LogP contribution in [0.3, 0.4) is 0 Å². The van der Waals surface area contributed by atoms with Gasteiger partial charge in [0.25, 0.3) is 0 Å². The highest BCUT2D eigenvalue weighted by atomic mass is 16.5. The molecule has 204 valence electrons.